The van der Waals surface area contributed by atoms with E-state index >= 15 is 0 Å². The zero-order valence-corrected chi connectivity index (χ0v) is 8.16. The second-order valence-electron chi connectivity index (χ2n) is 3.94. The first-order valence-corrected chi connectivity index (χ1v) is 4.83. The average Bonchev–Trinajstić information content (AvgIpc) is 2.51. The van der Waals surface area contributed by atoms with Crippen molar-refractivity contribution in [3.05, 3.63) is 12.2 Å². The van der Waals surface area contributed by atoms with E-state index in [4.69, 9.17) is 5.73 Å². The topological polar surface area (TPSA) is 29.3 Å². The van der Waals surface area contributed by atoms with Crippen LogP contribution in [-0.4, -0.2) is 30.6 Å². The monoisotopic (exact) mass is 168 g/mol. The molecular weight excluding hydrogens is 148 g/mol. The van der Waals surface area contributed by atoms with Crippen LogP contribution in [0.25, 0.3) is 0 Å². The average molecular weight is 168 g/mol. The fourth-order valence-corrected chi connectivity index (χ4v) is 1.73. The molecule has 0 spiro atoms. The molecule has 0 fully saturated rings. The van der Waals surface area contributed by atoms with Gasteiger partial charge in [0.05, 0.1) is 0 Å². The van der Waals surface area contributed by atoms with Gasteiger partial charge in [0.25, 0.3) is 0 Å². The van der Waals surface area contributed by atoms with E-state index in [2.05, 4.69) is 30.9 Å². The predicted molar refractivity (Wildman–Crippen MR) is 53.0 cm³/mol. The molecule has 1 rings (SSSR count). The Morgan fingerprint density at radius 2 is 1.92 bits per heavy atom. The maximum atomic E-state index is 5.73. The van der Waals surface area contributed by atoms with Crippen LogP contribution in [-0.2, 0) is 0 Å². The van der Waals surface area contributed by atoms with Gasteiger partial charge in [-0.15, -0.1) is 0 Å². The lowest BCUT2D eigenvalue weighted by atomic mass is 10.0. The van der Waals surface area contributed by atoms with Crippen molar-refractivity contribution in [1.82, 2.24) is 4.90 Å². The van der Waals surface area contributed by atoms with Crippen molar-refractivity contribution < 1.29 is 0 Å². The Hall–Kier alpha value is -0.340. The Morgan fingerprint density at radius 3 is 2.33 bits per heavy atom. The van der Waals surface area contributed by atoms with Crippen LogP contribution in [0.1, 0.15) is 20.3 Å². The third-order valence-electron chi connectivity index (χ3n) is 2.38. The van der Waals surface area contributed by atoms with Crippen molar-refractivity contribution in [2.45, 2.75) is 26.3 Å². The second-order valence-corrected chi connectivity index (χ2v) is 3.94. The maximum absolute atomic E-state index is 5.73. The SMILES string of the molecule is CC(C)CC(CN)N1CC=CC1. The van der Waals surface area contributed by atoms with E-state index in [1.165, 1.54) is 6.42 Å². The standard InChI is InChI=1S/C10H20N2/c1-9(2)7-10(8-11)12-5-3-4-6-12/h3-4,9-10H,5-8,11H2,1-2H3. The van der Waals surface area contributed by atoms with Crippen molar-refractivity contribution in [2.24, 2.45) is 11.7 Å². The van der Waals surface area contributed by atoms with Crippen LogP contribution < -0.4 is 5.73 Å². The third kappa shape index (κ3) is 2.61. The largest absolute Gasteiger partial charge is 0.329 e. The van der Waals surface area contributed by atoms with Gasteiger partial charge in [0.2, 0.25) is 0 Å². The Labute approximate surface area is 75.4 Å². The highest BCUT2D eigenvalue weighted by Gasteiger charge is 2.18. The molecule has 2 heteroatoms. The molecule has 0 aromatic heterocycles. The number of hydrogen-bond donors (Lipinski definition) is 1. The highest BCUT2D eigenvalue weighted by Crippen LogP contribution is 2.13. The quantitative estimate of drug-likeness (QED) is 0.640. The molecule has 0 aliphatic carbocycles. The van der Waals surface area contributed by atoms with Gasteiger partial charge in [0, 0.05) is 25.7 Å². The summed E-state index contributed by atoms with van der Waals surface area (Å²) in [5.74, 6) is 0.749. The lowest BCUT2D eigenvalue weighted by molar-refractivity contribution is 0.226. The first-order chi connectivity index (χ1) is 5.74. The Kier molecular flexibility index (Phi) is 3.76. The van der Waals surface area contributed by atoms with Gasteiger partial charge in [-0.1, -0.05) is 26.0 Å². The molecule has 2 nitrogen and oxygen atoms in total. The summed E-state index contributed by atoms with van der Waals surface area (Å²) >= 11 is 0. The predicted octanol–water partition coefficient (Wildman–Crippen LogP) is 1.23. The Balaban J connectivity index is 2.34. The van der Waals surface area contributed by atoms with Gasteiger partial charge in [0.15, 0.2) is 0 Å². The molecule has 1 heterocycles. The van der Waals surface area contributed by atoms with Crippen LogP contribution in [0.3, 0.4) is 0 Å². The summed E-state index contributed by atoms with van der Waals surface area (Å²) in [5.41, 5.74) is 5.73. The van der Waals surface area contributed by atoms with E-state index in [0.717, 1.165) is 25.6 Å². The van der Waals surface area contributed by atoms with Gasteiger partial charge in [-0.3, -0.25) is 4.90 Å². The fourth-order valence-electron chi connectivity index (χ4n) is 1.73. The van der Waals surface area contributed by atoms with Crippen LogP contribution in [0.4, 0.5) is 0 Å². The van der Waals surface area contributed by atoms with Crippen LogP contribution in [0.5, 0.6) is 0 Å². The molecule has 0 saturated heterocycles. The number of hydrogen-bond acceptors (Lipinski definition) is 2. The molecule has 2 N–H and O–H groups in total. The molecule has 0 radical (unpaired) electrons. The highest BCUT2D eigenvalue weighted by atomic mass is 15.2. The zero-order valence-electron chi connectivity index (χ0n) is 8.16. The van der Waals surface area contributed by atoms with Crippen molar-refractivity contribution in [3.63, 3.8) is 0 Å². The first kappa shape index (κ1) is 9.75. The van der Waals surface area contributed by atoms with E-state index in [1.54, 1.807) is 0 Å². The Morgan fingerprint density at radius 1 is 1.33 bits per heavy atom. The highest BCUT2D eigenvalue weighted by molar-refractivity contribution is 4.97. The van der Waals surface area contributed by atoms with Gasteiger partial charge in [-0.25, -0.2) is 0 Å². The zero-order chi connectivity index (χ0) is 8.97. The van der Waals surface area contributed by atoms with Crippen molar-refractivity contribution >= 4 is 0 Å². The van der Waals surface area contributed by atoms with Crippen molar-refractivity contribution in [1.29, 1.82) is 0 Å². The molecule has 70 valence electrons. The van der Waals surface area contributed by atoms with Crippen LogP contribution in [0, 0.1) is 5.92 Å². The summed E-state index contributed by atoms with van der Waals surface area (Å²) in [4.78, 5) is 2.44. The molecule has 1 aliphatic heterocycles. The summed E-state index contributed by atoms with van der Waals surface area (Å²) in [6, 6.07) is 0.583. The third-order valence-corrected chi connectivity index (χ3v) is 2.38. The van der Waals surface area contributed by atoms with E-state index in [1.807, 2.05) is 0 Å². The Bertz CT molecular complexity index is 144. The summed E-state index contributed by atoms with van der Waals surface area (Å²) in [6.45, 7) is 7.49. The molecule has 1 unspecified atom stereocenters. The van der Waals surface area contributed by atoms with Crippen LogP contribution >= 0.6 is 0 Å². The second kappa shape index (κ2) is 4.63. The summed E-state index contributed by atoms with van der Waals surface area (Å²) in [6.07, 6.45) is 5.67. The van der Waals surface area contributed by atoms with Crippen LogP contribution in [0.2, 0.25) is 0 Å². The molecule has 0 aromatic carbocycles. The van der Waals surface area contributed by atoms with E-state index < -0.39 is 0 Å². The fraction of sp³-hybridized carbons (Fsp3) is 0.800. The van der Waals surface area contributed by atoms with Gasteiger partial charge >= 0.3 is 0 Å². The minimum atomic E-state index is 0.583. The summed E-state index contributed by atoms with van der Waals surface area (Å²) in [5, 5.41) is 0. The first-order valence-electron chi connectivity index (χ1n) is 4.83. The lowest BCUT2D eigenvalue weighted by Gasteiger charge is -2.27. The van der Waals surface area contributed by atoms with E-state index in [9.17, 15) is 0 Å². The molecule has 0 saturated carbocycles. The summed E-state index contributed by atoms with van der Waals surface area (Å²) in [7, 11) is 0. The number of rotatable bonds is 4. The number of nitrogens with two attached hydrogens (primary N) is 1. The van der Waals surface area contributed by atoms with E-state index in [-0.39, 0.29) is 0 Å². The molecule has 12 heavy (non-hydrogen) atoms. The normalized spacial score (nSPS) is 20.7. The van der Waals surface area contributed by atoms with Gasteiger partial charge in [0.1, 0.15) is 0 Å². The number of nitrogens with zero attached hydrogens (tertiary/aromatic N) is 1. The van der Waals surface area contributed by atoms with Gasteiger partial charge in [-0.05, 0) is 12.3 Å². The molecule has 1 atom stereocenters. The van der Waals surface area contributed by atoms with Gasteiger partial charge < -0.3 is 5.73 Å². The minimum Gasteiger partial charge on any atom is -0.329 e. The van der Waals surface area contributed by atoms with Gasteiger partial charge in [-0.2, -0.15) is 0 Å². The summed E-state index contributed by atoms with van der Waals surface area (Å²) < 4.78 is 0. The smallest absolute Gasteiger partial charge is 0.0227 e. The lowest BCUT2D eigenvalue weighted by Crippen LogP contribution is -2.39. The van der Waals surface area contributed by atoms with E-state index in [0.29, 0.717) is 6.04 Å². The van der Waals surface area contributed by atoms with Crippen molar-refractivity contribution in [2.75, 3.05) is 19.6 Å². The minimum absolute atomic E-state index is 0.583. The molecule has 1 aliphatic rings. The molecule has 0 aromatic rings. The van der Waals surface area contributed by atoms with Crippen molar-refractivity contribution in [3.8, 4) is 0 Å². The molecule has 0 amide bonds. The van der Waals surface area contributed by atoms with Crippen LogP contribution in [0.15, 0.2) is 12.2 Å². The maximum Gasteiger partial charge on any atom is 0.0227 e. The molecular formula is C10H20N2. The molecule has 0 bridgehead atoms.